The van der Waals surface area contributed by atoms with E-state index in [1.165, 1.54) is 24.3 Å². The number of aliphatic hydroxyl groups excluding tert-OH is 1. The van der Waals surface area contributed by atoms with E-state index in [1.807, 2.05) is 6.07 Å². The van der Waals surface area contributed by atoms with Crippen LogP contribution in [0.4, 0.5) is 4.39 Å². The second-order valence-electron chi connectivity index (χ2n) is 3.14. The molecule has 0 fully saturated rings. The molecule has 0 aliphatic rings. The normalized spacial score (nSPS) is 13.6. The molecule has 1 N–H and O–H groups in total. The second kappa shape index (κ2) is 5.09. The number of hydrogen-bond donors (Lipinski definition) is 1. The Labute approximate surface area is 87.0 Å². The predicted octanol–water partition coefficient (Wildman–Crippen LogP) is 1.39. The average Bonchev–Trinajstić information content (AvgIpc) is 2.27. The highest BCUT2D eigenvalue weighted by atomic mass is 19.1. The molecule has 4 heteroatoms. The Morgan fingerprint density at radius 1 is 1.20 bits per heavy atom. The fourth-order valence-corrected chi connectivity index (χ4v) is 1.19. The van der Waals surface area contributed by atoms with E-state index in [0.717, 1.165) is 5.56 Å². The van der Waals surface area contributed by atoms with Crippen LogP contribution in [0.1, 0.15) is 5.56 Å². The van der Waals surface area contributed by atoms with Crippen molar-refractivity contribution in [1.29, 1.82) is 10.5 Å². The first-order valence-electron chi connectivity index (χ1n) is 4.39. The maximum atomic E-state index is 12.6. The van der Waals surface area contributed by atoms with Gasteiger partial charge in [0.1, 0.15) is 5.82 Å². The number of nitrogens with zero attached hydrogens (tertiary/aromatic N) is 2. The van der Waals surface area contributed by atoms with Crippen LogP contribution in [0.25, 0.3) is 0 Å². The molecule has 0 saturated heterocycles. The lowest BCUT2D eigenvalue weighted by molar-refractivity contribution is 0.187. The average molecular weight is 204 g/mol. The minimum Gasteiger partial charge on any atom is -0.377 e. The molecule has 1 aromatic rings. The third kappa shape index (κ3) is 3.05. The summed E-state index contributed by atoms with van der Waals surface area (Å²) in [5.74, 6) is -1.13. The van der Waals surface area contributed by atoms with E-state index >= 15 is 0 Å². The SMILES string of the molecule is N#C[C@H](O)[C@@H](C#N)Cc1ccc(F)cc1. The van der Waals surface area contributed by atoms with Crippen molar-refractivity contribution >= 4 is 0 Å². The van der Waals surface area contributed by atoms with Crippen molar-refractivity contribution in [3.63, 3.8) is 0 Å². The quantitative estimate of drug-likeness (QED) is 0.756. The lowest BCUT2D eigenvalue weighted by atomic mass is 9.96. The lowest BCUT2D eigenvalue weighted by Gasteiger charge is -2.09. The molecule has 0 aromatic heterocycles. The zero-order valence-corrected chi connectivity index (χ0v) is 7.89. The molecule has 0 bridgehead atoms. The zero-order valence-electron chi connectivity index (χ0n) is 7.89. The van der Waals surface area contributed by atoms with Crippen LogP contribution >= 0.6 is 0 Å². The highest BCUT2D eigenvalue weighted by Gasteiger charge is 2.18. The van der Waals surface area contributed by atoms with Gasteiger partial charge < -0.3 is 5.11 Å². The highest BCUT2D eigenvalue weighted by Crippen LogP contribution is 2.12. The van der Waals surface area contributed by atoms with E-state index in [-0.39, 0.29) is 12.2 Å². The van der Waals surface area contributed by atoms with E-state index in [1.54, 1.807) is 6.07 Å². The summed E-state index contributed by atoms with van der Waals surface area (Å²) in [4.78, 5) is 0. The van der Waals surface area contributed by atoms with E-state index in [9.17, 15) is 9.50 Å². The number of hydrogen-bond acceptors (Lipinski definition) is 3. The maximum absolute atomic E-state index is 12.6. The number of benzene rings is 1. The van der Waals surface area contributed by atoms with E-state index in [2.05, 4.69) is 0 Å². The zero-order chi connectivity index (χ0) is 11.3. The molecule has 0 unspecified atom stereocenters. The molecule has 0 aliphatic heterocycles. The summed E-state index contributed by atoms with van der Waals surface area (Å²) in [7, 11) is 0. The molecule has 1 rings (SSSR count). The molecule has 76 valence electrons. The van der Waals surface area contributed by atoms with Gasteiger partial charge in [0.2, 0.25) is 0 Å². The third-order valence-corrected chi connectivity index (χ3v) is 2.05. The van der Waals surface area contributed by atoms with E-state index in [0.29, 0.717) is 0 Å². The van der Waals surface area contributed by atoms with Gasteiger partial charge in [0.05, 0.1) is 18.1 Å². The smallest absolute Gasteiger partial charge is 0.156 e. The summed E-state index contributed by atoms with van der Waals surface area (Å²) in [6.07, 6.45) is -1.06. The number of nitriles is 2. The molecule has 1 aromatic carbocycles. The Hall–Kier alpha value is -1.91. The highest BCUT2D eigenvalue weighted by molar-refractivity contribution is 5.19. The molecular weight excluding hydrogens is 195 g/mol. The van der Waals surface area contributed by atoms with Crippen molar-refractivity contribution in [2.75, 3.05) is 0 Å². The first-order valence-corrected chi connectivity index (χ1v) is 4.39. The molecule has 0 amide bonds. The standard InChI is InChI=1S/C11H9FN2O/c12-10-3-1-8(2-4-10)5-9(6-13)11(15)7-14/h1-4,9,11,15H,5H2/t9-,11+/m1/s1. The fourth-order valence-electron chi connectivity index (χ4n) is 1.19. The summed E-state index contributed by atoms with van der Waals surface area (Å²) in [6, 6.07) is 9.08. The van der Waals surface area contributed by atoms with Crippen LogP contribution in [0.2, 0.25) is 0 Å². The van der Waals surface area contributed by atoms with Crippen LogP contribution in [0.15, 0.2) is 24.3 Å². The Bertz CT molecular complexity index is 402. The molecule has 2 atom stereocenters. The molecular formula is C11H9FN2O. The fraction of sp³-hybridized carbons (Fsp3) is 0.273. The van der Waals surface area contributed by atoms with E-state index in [4.69, 9.17) is 10.5 Å². The van der Waals surface area contributed by atoms with Gasteiger partial charge in [-0.25, -0.2) is 4.39 Å². The van der Waals surface area contributed by atoms with Crippen molar-refractivity contribution in [3.05, 3.63) is 35.6 Å². The summed E-state index contributed by atoms with van der Waals surface area (Å²) < 4.78 is 12.6. The summed E-state index contributed by atoms with van der Waals surface area (Å²) in [6.45, 7) is 0. The first-order chi connectivity index (χ1) is 7.17. The van der Waals surface area contributed by atoms with Gasteiger partial charge in [-0.1, -0.05) is 12.1 Å². The minimum absolute atomic E-state index is 0.242. The van der Waals surface area contributed by atoms with Crippen molar-refractivity contribution in [1.82, 2.24) is 0 Å². The largest absolute Gasteiger partial charge is 0.377 e. The van der Waals surface area contributed by atoms with Gasteiger partial charge in [-0.05, 0) is 24.1 Å². The van der Waals surface area contributed by atoms with E-state index < -0.39 is 12.0 Å². The van der Waals surface area contributed by atoms with Crippen molar-refractivity contribution in [2.45, 2.75) is 12.5 Å². The van der Waals surface area contributed by atoms with Gasteiger partial charge in [0, 0.05) is 0 Å². The first kappa shape index (κ1) is 11.2. The molecule has 0 spiro atoms. The van der Waals surface area contributed by atoms with Crippen LogP contribution in [0, 0.1) is 34.4 Å². The van der Waals surface area contributed by atoms with Gasteiger partial charge >= 0.3 is 0 Å². The van der Waals surface area contributed by atoms with Gasteiger partial charge in [0.25, 0.3) is 0 Å². The summed E-state index contributed by atoms with van der Waals surface area (Å²) in [5.41, 5.74) is 0.720. The predicted molar refractivity (Wildman–Crippen MR) is 50.8 cm³/mol. The van der Waals surface area contributed by atoms with Gasteiger partial charge in [-0.2, -0.15) is 10.5 Å². The lowest BCUT2D eigenvalue weighted by Crippen LogP contribution is -2.19. The van der Waals surface area contributed by atoms with Crippen molar-refractivity contribution < 1.29 is 9.50 Å². The Balaban J connectivity index is 2.73. The third-order valence-electron chi connectivity index (χ3n) is 2.05. The molecule has 0 aliphatic carbocycles. The monoisotopic (exact) mass is 204 g/mol. The van der Waals surface area contributed by atoms with Crippen LogP contribution in [0.3, 0.4) is 0 Å². The van der Waals surface area contributed by atoms with Gasteiger partial charge in [-0.3, -0.25) is 0 Å². The number of aliphatic hydroxyl groups is 1. The molecule has 0 radical (unpaired) electrons. The second-order valence-corrected chi connectivity index (χ2v) is 3.14. The molecule has 0 heterocycles. The van der Waals surface area contributed by atoms with Crippen LogP contribution < -0.4 is 0 Å². The van der Waals surface area contributed by atoms with Crippen LogP contribution in [-0.2, 0) is 6.42 Å². The molecule has 15 heavy (non-hydrogen) atoms. The summed E-state index contributed by atoms with van der Waals surface area (Å²) >= 11 is 0. The Morgan fingerprint density at radius 3 is 2.27 bits per heavy atom. The maximum Gasteiger partial charge on any atom is 0.156 e. The molecule has 0 saturated carbocycles. The van der Waals surface area contributed by atoms with Gasteiger partial charge in [0.15, 0.2) is 6.10 Å². The van der Waals surface area contributed by atoms with Crippen LogP contribution in [-0.4, -0.2) is 11.2 Å². The van der Waals surface area contributed by atoms with Gasteiger partial charge in [-0.15, -0.1) is 0 Å². The number of halogens is 1. The Morgan fingerprint density at radius 2 is 1.80 bits per heavy atom. The van der Waals surface area contributed by atoms with Crippen LogP contribution in [0.5, 0.6) is 0 Å². The van der Waals surface area contributed by atoms with Crippen molar-refractivity contribution in [2.24, 2.45) is 5.92 Å². The number of rotatable bonds is 3. The Kier molecular flexibility index (Phi) is 3.79. The van der Waals surface area contributed by atoms with Crippen molar-refractivity contribution in [3.8, 4) is 12.1 Å². The molecule has 3 nitrogen and oxygen atoms in total. The minimum atomic E-state index is -1.31. The topological polar surface area (TPSA) is 67.8 Å². The summed E-state index contributed by atoms with van der Waals surface area (Å²) in [5, 5.41) is 26.3.